The highest BCUT2D eigenvalue weighted by atomic mass is 35.5. The summed E-state index contributed by atoms with van der Waals surface area (Å²) in [6.45, 7) is 0. The van der Waals surface area contributed by atoms with Gasteiger partial charge in [0.15, 0.2) is 6.29 Å². The maximum Gasteiger partial charge on any atom is 0.255 e. The van der Waals surface area contributed by atoms with Crippen LogP contribution in [0.1, 0.15) is 20.7 Å². The van der Waals surface area contributed by atoms with Gasteiger partial charge in [0.25, 0.3) is 5.91 Å². The van der Waals surface area contributed by atoms with Gasteiger partial charge in [0.05, 0.1) is 5.69 Å². The minimum atomic E-state index is -0.302. The summed E-state index contributed by atoms with van der Waals surface area (Å²) < 4.78 is 5.73. The van der Waals surface area contributed by atoms with E-state index < -0.39 is 0 Å². The van der Waals surface area contributed by atoms with E-state index in [0.717, 1.165) is 0 Å². The third-order valence-electron chi connectivity index (χ3n) is 3.47. The lowest BCUT2D eigenvalue weighted by Crippen LogP contribution is -2.13. The third kappa shape index (κ3) is 4.25. The van der Waals surface area contributed by atoms with Crippen molar-refractivity contribution in [2.24, 2.45) is 0 Å². The molecule has 3 aromatic rings. The summed E-state index contributed by atoms with van der Waals surface area (Å²) >= 11 is 5.94. The average Bonchev–Trinajstić information content (AvgIpc) is 2.63. The van der Waals surface area contributed by atoms with Gasteiger partial charge < -0.3 is 10.1 Å². The number of hydrogen-bond donors (Lipinski definition) is 1. The van der Waals surface area contributed by atoms with Gasteiger partial charge in [-0.3, -0.25) is 9.59 Å². The van der Waals surface area contributed by atoms with Crippen LogP contribution < -0.4 is 10.1 Å². The molecule has 5 heteroatoms. The second-order valence-electron chi connectivity index (χ2n) is 5.25. The smallest absolute Gasteiger partial charge is 0.255 e. The Balaban J connectivity index is 1.85. The molecule has 0 spiro atoms. The second kappa shape index (κ2) is 7.64. The van der Waals surface area contributed by atoms with Gasteiger partial charge in [0.1, 0.15) is 11.5 Å². The lowest BCUT2D eigenvalue weighted by atomic mass is 10.1. The fourth-order valence-corrected chi connectivity index (χ4v) is 2.44. The number of hydrogen-bond acceptors (Lipinski definition) is 3. The van der Waals surface area contributed by atoms with Crippen LogP contribution in [-0.2, 0) is 0 Å². The first-order valence-corrected chi connectivity index (χ1v) is 7.92. The number of rotatable bonds is 5. The second-order valence-corrected chi connectivity index (χ2v) is 5.68. The van der Waals surface area contributed by atoms with Crippen LogP contribution in [0.3, 0.4) is 0 Å². The molecule has 0 aliphatic carbocycles. The number of benzene rings is 3. The predicted molar refractivity (Wildman–Crippen MR) is 97.8 cm³/mol. The van der Waals surface area contributed by atoms with Crippen molar-refractivity contribution in [2.45, 2.75) is 0 Å². The van der Waals surface area contributed by atoms with E-state index >= 15 is 0 Å². The van der Waals surface area contributed by atoms with E-state index in [1.807, 2.05) is 6.07 Å². The Labute approximate surface area is 150 Å². The van der Waals surface area contributed by atoms with E-state index in [1.54, 1.807) is 66.7 Å². The van der Waals surface area contributed by atoms with Crippen LogP contribution in [0.15, 0.2) is 72.8 Å². The number of carbonyl (C=O) groups excluding carboxylic acids is 2. The molecule has 3 aromatic carbocycles. The standard InChI is InChI=1S/C20H14ClNO3/c21-16-7-4-8-17(11-16)25-18-10-9-15(13-23)19(12-18)22-20(24)14-5-2-1-3-6-14/h1-13H,(H,22,24). The quantitative estimate of drug-likeness (QED) is 0.643. The molecule has 4 nitrogen and oxygen atoms in total. The molecular formula is C20H14ClNO3. The number of aldehydes is 1. The summed E-state index contributed by atoms with van der Waals surface area (Å²) in [5.41, 5.74) is 1.24. The highest BCUT2D eigenvalue weighted by Gasteiger charge is 2.10. The van der Waals surface area contributed by atoms with E-state index in [4.69, 9.17) is 16.3 Å². The van der Waals surface area contributed by atoms with Gasteiger partial charge in [-0.25, -0.2) is 0 Å². The SMILES string of the molecule is O=Cc1ccc(Oc2cccc(Cl)c2)cc1NC(=O)c1ccccc1. The molecule has 0 saturated heterocycles. The van der Waals surface area contributed by atoms with Crippen molar-refractivity contribution in [3.8, 4) is 11.5 Å². The zero-order valence-electron chi connectivity index (χ0n) is 13.1. The van der Waals surface area contributed by atoms with Gasteiger partial charge >= 0.3 is 0 Å². The largest absolute Gasteiger partial charge is 0.457 e. The van der Waals surface area contributed by atoms with Gasteiger partial charge in [-0.05, 0) is 42.5 Å². The molecule has 3 rings (SSSR count). The Bertz CT molecular complexity index is 910. The van der Waals surface area contributed by atoms with Gasteiger partial charge in [-0.2, -0.15) is 0 Å². The number of ether oxygens (including phenoxy) is 1. The monoisotopic (exact) mass is 351 g/mol. The van der Waals surface area contributed by atoms with Crippen molar-refractivity contribution in [3.63, 3.8) is 0 Å². The van der Waals surface area contributed by atoms with Gasteiger partial charge in [0, 0.05) is 22.2 Å². The summed E-state index contributed by atoms with van der Waals surface area (Å²) in [4.78, 5) is 23.6. The zero-order chi connectivity index (χ0) is 17.6. The number of nitrogens with one attached hydrogen (secondary N) is 1. The van der Waals surface area contributed by atoms with E-state index in [9.17, 15) is 9.59 Å². The Morgan fingerprint density at radius 2 is 1.68 bits per heavy atom. The van der Waals surface area contributed by atoms with Crippen molar-refractivity contribution in [2.75, 3.05) is 5.32 Å². The Morgan fingerprint density at radius 1 is 0.920 bits per heavy atom. The molecule has 0 saturated carbocycles. The van der Waals surface area contributed by atoms with Gasteiger partial charge in [-0.15, -0.1) is 0 Å². The molecule has 0 radical (unpaired) electrons. The minimum Gasteiger partial charge on any atom is -0.457 e. The van der Waals surface area contributed by atoms with Crippen molar-refractivity contribution in [3.05, 3.63) is 88.9 Å². The highest BCUT2D eigenvalue weighted by Crippen LogP contribution is 2.28. The zero-order valence-corrected chi connectivity index (χ0v) is 13.9. The molecule has 0 bridgehead atoms. The summed E-state index contributed by atoms with van der Waals surface area (Å²) in [7, 11) is 0. The van der Waals surface area contributed by atoms with E-state index in [0.29, 0.717) is 39.6 Å². The van der Waals surface area contributed by atoms with Crippen LogP contribution in [0, 0.1) is 0 Å². The average molecular weight is 352 g/mol. The first-order chi connectivity index (χ1) is 12.2. The maximum absolute atomic E-state index is 12.3. The Morgan fingerprint density at radius 3 is 2.40 bits per heavy atom. The normalized spacial score (nSPS) is 10.1. The predicted octanol–water partition coefficient (Wildman–Crippen LogP) is 5.20. The van der Waals surface area contributed by atoms with Gasteiger partial charge in [0.2, 0.25) is 0 Å². The molecule has 0 fully saturated rings. The molecule has 124 valence electrons. The van der Waals surface area contributed by atoms with E-state index in [2.05, 4.69) is 5.32 Å². The number of anilines is 1. The molecule has 0 aliphatic rings. The minimum absolute atomic E-state index is 0.302. The van der Waals surface area contributed by atoms with Crippen molar-refractivity contribution < 1.29 is 14.3 Å². The lowest BCUT2D eigenvalue weighted by molar-refractivity contribution is 0.102. The molecule has 0 aromatic heterocycles. The summed E-state index contributed by atoms with van der Waals surface area (Å²) in [5, 5.41) is 3.29. The third-order valence-corrected chi connectivity index (χ3v) is 3.70. The van der Waals surface area contributed by atoms with Crippen LogP contribution in [0.25, 0.3) is 0 Å². The van der Waals surface area contributed by atoms with E-state index in [-0.39, 0.29) is 5.91 Å². The fourth-order valence-electron chi connectivity index (χ4n) is 2.26. The molecule has 1 amide bonds. The maximum atomic E-state index is 12.3. The van der Waals surface area contributed by atoms with Crippen LogP contribution in [0.2, 0.25) is 5.02 Å². The lowest BCUT2D eigenvalue weighted by Gasteiger charge is -2.11. The molecule has 0 atom stereocenters. The summed E-state index contributed by atoms with van der Waals surface area (Å²) in [6.07, 6.45) is 0.684. The Kier molecular flexibility index (Phi) is 5.11. The molecule has 25 heavy (non-hydrogen) atoms. The number of amides is 1. The van der Waals surface area contributed by atoms with Crippen LogP contribution >= 0.6 is 11.6 Å². The summed E-state index contributed by atoms with van der Waals surface area (Å²) in [6, 6.07) is 20.6. The molecule has 0 unspecified atom stereocenters. The number of carbonyl (C=O) groups is 2. The van der Waals surface area contributed by atoms with Crippen LogP contribution in [0.4, 0.5) is 5.69 Å². The fraction of sp³-hybridized carbons (Fsp3) is 0. The van der Waals surface area contributed by atoms with Gasteiger partial charge in [-0.1, -0.05) is 35.9 Å². The summed E-state index contributed by atoms with van der Waals surface area (Å²) in [5.74, 6) is 0.742. The van der Waals surface area contributed by atoms with Crippen molar-refractivity contribution in [1.82, 2.24) is 0 Å². The van der Waals surface area contributed by atoms with E-state index in [1.165, 1.54) is 0 Å². The molecule has 0 aliphatic heterocycles. The Hall–Kier alpha value is -3.11. The van der Waals surface area contributed by atoms with Crippen molar-refractivity contribution in [1.29, 1.82) is 0 Å². The van der Waals surface area contributed by atoms with Crippen molar-refractivity contribution >= 4 is 29.5 Å². The molecule has 0 heterocycles. The highest BCUT2D eigenvalue weighted by molar-refractivity contribution is 6.30. The van der Waals surface area contributed by atoms with Crippen LogP contribution in [-0.4, -0.2) is 12.2 Å². The van der Waals surface area contributed by atoms with Crippen LogP contribution in [0.5, 0.6) is 11.5 Å². The first kappa shape index (κ1) is 16.7. The topological polar surface area (TPSA) is 55.4 Å². The molecular weight excluding hydrogens is 338 g/mol. The first-order valence-electron chi connectivity index (χ1n) is 7.55. The molecule has 1 N–H and O–H groups in total. The number of halogens is 1.